The van der Waals surface area contributed by atoms with Crippen molar-refractivity contribution in [2.45, 2.75) is 19.2 Å². The van der Waals surface area contributed by atoms with Crippen LogP contribution < -0.4 is 0 Å². The largest absolute Gasteiger partial charge is 0.367 e. The first-order valence-electron chi connectivity index (χ1n) is 6.13. The summed E-state index contributed by atoms with van der Waals surface area (Å²) in [6.07, 6.45) is 3.38. The molecule has 2 heterocycles. The standard InChI is InChI=1S/C15H14N2O2/c1-15(19)13-7-3-2-6-12(13)14(18)17(15)10-11-5-4-8-16-9-11/h2-9,19H,10H2,1H3/t15-/m1/s1. The fourth-order valence-corrected chi connectivity index (χ4v) is 2.47. The van der Waals surface area contributed by atoms with Crippen LogP contribution in [-0.2, 0) is 12.3 Å². The van der Waals surface area contributed by atoms with Crippen molar-refractivity contribution in [2.75, 3.05) is 0 Å². The smallest absolute Gasteiger partial charge is 0.257 e. The van der Waals surface area contributed by atoms with E-state index in [0.717, 1.165) is 5.56 Å². The van der Waals surface area contributed by atoms with Crippen molar-refractivity contribution in [3.8, 4) is 0 Å². The number of hydrogen-bond acceptors (Lipinski definition) is 3. The van der Waals surface area contributed by atoms with Crippen molar-refractivity contribution in [1.29, 1.82) is 0 Å². The van der Waals surface area contributed by atoms with Gasteiger partial charge in [0, 0.05) is 23.5 Å². The zero-order chi connectivity index (χ0) is 13.5. The SMILES string of the molecule is C[C@@]1(O)c2ccccc2C(=O)N1Cc1cccnc1. The van der Waals surface area contributed by atoms with Crippen LogP contribution in [0.5, 0.6) is 0 Å². The third-order valence-corrected chi connectivity index (χ3v) is 3.50. The Hall–Kier alpha value is -2.20. The highest BCUT2D eigenvalue weighted by atomic mass is 16.3. The third-order valence-electron chi connectivity index (χ3n) is 3.50. The Bertz CT molecular complexity index is 623. The molecule has 0 spiro atoms. The Morgan fingerprint density at radius 2 is 2.05 bits per heavy atom. The number of aliphatic hydroxyl groups is 1. The van der Waals surface area contributed by atoms with Gasteiger partial charge in [0.15, 0.2) is 5.72 Å². The summed E-state index contributed by atoms with van der Waals surface area (Å²) in [5, 5.41) is 10.6. The zero-order valence-electron chi connectivity index (χ0n) is 10.6. The lowest BCUT2D eigenvalue weighted by Crippen LogP contribution is -2.40. The number of amides is 1. The minimum Gasteiger partial charge on any atom is -0.367 e. The Labute approximate surface area is 111 Å². The molecule has 0 saturated heterocycles. The van der Waals surface area contributed by atoms with Crippen LogP contribution in [0.25, 0.3) is 0 Å². The highest BCUT2D eigenvalue weighted by Crippen LogP contribution is 2.37. The van der Waals surface area contributed by atoms with Crippen LogP contribution in [0.15, 0.2) is 48.8 Å². The zero-order valence-corrected chi connectivity index (χ0v) is 10.6. The van der Waals surface area contributed by atoms with Gasteiger partial charge in [0.05, 0.1) is 6.54 Å². The van der Waals surface area contributed by atoms with Crippen LogP contribution >= 0.6 is 0 Å². The average molecular weight is 254 g/mol. The fourth-order valence-electron chi connectivity index (χ4n) is 2.47. The maximum atomic E-state index is 12.4. The summed E-state index contributed by atoms with van der Waals surface area (Å²) in [6, 6.07) is 10.9. The van der Waals surface area contributed by atoms with Crippen LogP contribution in [0.1, 0.15) is 28.4 Å². The van der Waals surface area contributed by atoms with Gasteiger partial charge in [-0.25, -0.2) is 0 Å². The van der Waals surface area contributed by atoms with E-state index >= 15 is 0 Å². The number of hydrogen-bond donors (Lipinski definition) is 1. The highest BCUT2D eigenvalue weighted by molar-refractivity contribution is 5.99. The van der Waals surface area contributed by atoms with E-state index in [1.807, 2.05) is 18.2 Å². The van der Waals surface area contributed by atoms with Gasteiger partial charge >= 0.3 is 0 Å². The van der Waals surface area contributed by atoms with Gasteiger partial charge in [-0.2, -0.15) is 0 Å². The van der Waals surface area contributed by atoms with Crippen molar-refractivity contribution in [3.63, 3.8) is 0 Å². The molecule has 1 amide bonds. The molecule has 1 N–H and O–H groups in total. The van der Waals surface area contributed by atoms with Crippen molar-refractivity contribution in [1.82, 2.24) is 9.88 Å². The Kier molecular flexibility index (Phi) is 2.61. The summed E-state index contributed by atoms with van der Waals surface area (Å²) in [5.74, 6) is -0.149. The van der Waals surface area contributed by atoms with Gasteiger partial charge in [-0.05, 0) is 24.6 Å². The van der Waals surface area contributed by atoms with E-state index in [2.05, 4.69) is 4.98 Å². The lowest BCUT2D eigenvalue weighted by Gasteiger charge is -2.30. The van der Waals surface area contributed by atoms with E-state index in [0.29, 0.717) is 17.7 Å². The lowest BCUT2D eigenvalue weighted by atomic mass is 10.0. The average Bonchev–Trinajstić information content (AvgIpc) is 2.62. The molecule has 0 aliphatic carbocycles. The summed E-state index contributed by atoms with van der Waals surface area (Å²) in [5.41, 5.74) is 0.841. The minimum atomic E-state index is -1.27. The second kappa shape index (κ2) is 4.17. The Morgan fingerprint density at radius 1 is 1.26 bits per heavy atom. The van der Waals surface area contributed by atoms with Crippen molar-refractivity contribution < 1.29 is 9.90 Å². The molecular weight excluding hydrogens is 240 g/mol. The second-order valence-corrected chi connectivity index (χ2v) is 4.82. The van der Waals surface area contributed by atoms with Gasteiger partial charge in [0.2, 0.25) is 0 Å². The maximum Gasteiger partial charge on any atom is 0.257 e. The number of fused-ring (bicyclic) bond motifs is 1. The molecule has 3 rings (SSSR count). The molecule has 0 fully saturated rings. The number of carbonyl (C=O) groups excluding carboxylic acids is 1. The Morgan fingerprint density at radius 3 is 2.74 bits per heavy atom. The molecule has 1 aliphatic rings. The molecule has 4 nitrogen and oxygen atoms in total. The number of nitrogens with zero attached hydrogens (tertiary/aromatic N) is 2. The lowest BCUT2D eigenvalue weighted by molar-refractivity contribution is -0.0728. The summed E-state index contributed by atoms with van der Waals surface area (Å²) < 4.78 is 0. The van der Waals surface area contributed by atoms with E-state index in [1.54, 1.807) is 37.5 Å². The molecule has 0 saturated carbocycles. The molecule has 19 heavy (non-hydrogen) atoms. The number of pyridine rings is 1. The van der Waals surface area contributed by atoms with Gasteiger partial charge in [-0.3, -0.25) is 9.78 Å². The molecule has 0 unspecified atom stereocenters. The van der Waals surface area contributed by atoms with Crippen LogP contribution in [0.3, 0.4) is 0 Å². The van der Waals surface area contributed by atoms with Gasteiger partial charge < -0.3 is 10.0 Å². The summed E-state index contributed by atoms with van der Waals surface area (Å²) >= 11 is 0. The summed E-state index contributed by atoms with van der Waals surface area (Å²) in [4.78, 5) is 17.9. The topological polar surface area (TPSA) is 53.4 Å². The van der Waals surface area contributed by atoms with Gasteiger partial charge in [-0.1, -0.05) is 24.3 Å². The molecule has 0 radical (unpaired) electrons. The molecule has 1 atom stereocenters. The predicted molar refractivity (Wildman–Crippen MR) is 70.1 cm³/mol. The van der Waals surface area contributed by atoms with Crippen LogP contribution in [0, 0.1) is 0 Å². The molecule has 1 aromatic heterocycles. The van der Waals surface area contributed by atoms with Gasteiger partial charge in [-0.15, -0.1) is 0 Å². The fraction of sp³-hybridized carbons (Fsp3) is 0.200. The number of rotatable bonds is 2. The molecule has 96 valence electrons. The minimum absolute atomic E-state index is 0.149. The third kappa shape index (κ3) is 1.81. The summed E-state index contributed by atoms with van der Waals surface area (Å²) in [6.45, 7) is 1.99. The van der Waals surface area contributed by atoms with E-state index in [9.17, 15) is 9.90 Å². The summed E-state index contributed by atoms with van der Waals surface area (Å²) in [7, 11) is 0. The van der Waals surface area contributed by atoms with Crippen molar-refractivity contribution in [2.24, 2.45) is 0 Å². The first-order valence-corrected chi connectivity index (χ1v) is 6.13. The highest BCUT2D eigenvalue weighted by Gasteiger charge is 2.44. The number of aromatic nitrogens is 1. The monoisotopic (exact) mass is 254 g/mol. The van der Waals surface area contributed by atoms with Crippen LogP contribution in [0.4, 0.5) is 0 Å². The van der Waals surface area contributed by atoms with Crippen LogP contribution in [-0.4, -0.2) is 20.9 Å². The van der Waals surface area contributed by atoms with Crippen molar-refractivity contribution >= 4 is 5.91 Å². The molecular formula is C15H14N2O2. The first kappa shape index (κ1) is 11.9. The van der Waals surface area contributed by atoms with Crippen molar-refractivity contribution in [3.05, 3.63) is 65.5 Å². The molecule has 2 aromatic rings. The van der Waals surface area contributed by atoms with Gasteiger partial charge in [0.1, 0.15) is 0 Å². The first-order chi connectivity index (χ1) is 9.10. The molecule has 4 heteroatoms. The predicted octanol–water partition coefficient (Wildman–Crippen LogP) is 1.90. The van der Waals surface area contributed by atoms with Gasteiger partial charge in [0.25, 0.3) is 5.91 Å². The van der Waals surface area contributed by atoms with E-state index < -0.39 is 5.72 Å². The van der Waals surface area contributed by atoms with E-state index in [1.165, 1.54) is 4.90 Å². The maximum absolute atomic E-state index is 12.4. The normalized spacial score (nSPS) is 21.6. The van der Waals surface area contributed by atoms with Crippen LogP contribution in [0.2, 0.25) is 0 Å². The Balaban J connectivity index is 1.99. The number of carbonyl (C=O) groups is 1. The quantitative estimate of drug-likeness (QED) is 0.890. The van der Waals surface area contributed by atoms with E-state index in [-0.39, 0.29) is 5.91 Å². The number of benzene rings is 1. The molecule has 1 aromatic carbocycles. The second-order valence-electron chi connectivity index (χ2n) is 4.82. The molecule has 1 aliphatic heterocycles. The molecule has 0 bridgehead atoms. The van der Waals surface area contributed by atoms with E-state index in [4.69, 9.17) is 0 Å².